The van der Waals surface area contributed by atoms with Gasteiger partial charge in [-0.1, -0.05) is 175 Å². The molecule has 7 rings (SSSR count). The number of anilines is 6. The summed E-state index contributed by atoms with van der Waals surface area (Å²) in [5, 5.41) is 0. The van der Waals surface area contributed by atoms with Gasteiger partial charge in [-0.05, 0) is 122 Å². The molecule has 0 N–H and O–H groups in total. The number of nitrogens with zero attached hydrogens (tertiary/aromatic N) is 2. The third kappa shape index (κ3) is 9.23. The Morgan fingerprint density at radius 3 is 1.07 bits per heavy atom. The number of benzene rings is 6. The summed E-state index contributed by atoms with van der Waals surface area (Å²) in [5.41, 5.74) is 15.6. The van der Waals surface area contributed by atoms with Crippen molar-refractivity contribution in [1.82, 2.24) is 0 Å². The van der Waals surface area contributed by atoms with Crippen LogP contribution in [-0.4, -0.2) is 0 Å². The van der Waals surface area contributed by atoms with Crippen molar-refractivity contribution in [3.8, 4) is 11.1 Å². The van der Waals surface area contributed by atoms with E-state index < -0.39 is 0 Å². The molecule has 0 fully saturated rings. The molecule has 2 heteroatoms. The minimum Gasteiger partial charge on any atom is -0.310 e. The van der Waals surface area contributed by atoms with Crippen LogP contribution in [0.3, 0.4) is 0 Å². The van der Waals surface area contributed by atoms with E-state index in [1.165, 1.54) is 157 Å². The fourth-order valence-electron chi connectivity index (χ4n) is 9.26. The Hall–Kier alpha value is -5.08. The molecule has 6 aromatic rings. The Morgan fingerprint density at radius 1 is 0.351 bits per heavy atom. The zero-order chi connectivity index (χ0) is 39.5. The predicted molar refractivity (Wildman–Crippen MR) is 247 cm³/mol. The van der Waals surface area contributed by atoms with E-state index in [1.807, 2.05) is 0 Å². The molecular formula is C55H64N2. The van der Waals surface area contributed by atoms with Crippen molar-refractivity contribution in [3.63, 3.8) is 0 Å². The molecule has 0 spiro atoms. The molecule has 1 aliphatic rings. The normalized spacial score (nSPS) is 12.6. The number of rotatable bonds is 20. The molecule has 1 aliphatic carbocycles. The monoisotopic (exact) mass is 753 g/mol. The first-order chi connectivity index (χ1) is 28.0. The van der Waals surface area contributed by atoms with Crippen LogP contribution in [0, 0.1) is 13.8 Å². The maximum absolute atomic E-state index is 2.59. The number of hydrogen-bond donors (Lipinski definition) is 0. The van der Waals surface area contributed by atoms with Crippen molar-refractivity contribution in [2.75, 3.05) is 9.80 Å². The first-order valence-corrected chi connectivity index (χ1v) is 22.2. The highest BCUT2D eigenvalue weighted by atomic mass is 15.1. The lowest BCUT2D eigenvalue weighted by atomic mass is 9.70. The molecule has 0 saturated heterocycles. The molecule has 0 saturated carbocycles. The zero-order valence-corrected chi connectivity index (χ0v) is 35.2. The Labute approximate surface area is 344 Å². The first-order valence-electron chi connectivity index (χ1n) is 22.2. The summed E-state index contributed by atoms with van der Waals surface area (Å²) in [4.78, 5) is 4.92. The topological polar surface area (TPSA) is 6.48 Å². The third-order valence-electron chi connectivity index (χ3n) is 12.4. The van der Waals surface area contributed by atoms with E-state index >= 15 is 0 Å². The second-order valence-electron chi connectivity index (χ2n) is 16.6. The predicted octanol–water partition coefficient (Wildman–Crippen LogP) is 17.0. The molecule has 0 unspecified atom stereocenters. The Kier molecular flexibility index (Phi) is 13.6. The zero-order valence-electron chi connectivity index (χ0n) is 35.2. The van der Waals surface area contributed by atoms with Gasteiger partial charge in [0.1, 0.15) is 0 Å². The third-order valence-corrected chi connectivity index (χ3v) is 12.4. The van der Waals surface area contributed by atoms with Crippen LogP contribution >= 0.6 is 0 Å². The lowest BCUT2D eigenvalue weighted by molar-refractivity contribution is 0.398. The number of fused-ring (bicyclic) bond motifs is 3. The number of hydrogen-bond acceptors (Lipinski definition) is 2. The van der Waals surface area contributed by atoms with E-state index in [4.69, 9.17) is 0 Å². The largest absolute Gasteiger partial charge is 0.310 e. The van der Waals surface area contributed by atoms with E-state index in [-0.39, 0.29) is 5.41 Å². The van der Waals surface area contributed by atoms with Crippen molar-refractivity contribution in [2.45, 2.75) is 123 Å². The molecular weight excluding hydrogens is 689 g/mol. The van der Waals surface area contributed by atoms with Crippen LogP contribution in [-0.2, 0) is 5.41 Å². The summed E-state index contributed by atoms with van der Waals surface area (Å²) in [7, 11) is 0. The summed E-state index contributed by atoms with van der Waals surface area (Å²) in [6.45, 7) is 8.99. The van der Waals surface area contributed by atoms with E-state index in [0.717, 1.165) is 0 Å². The van der Waals surface area contributed by atoms with Gasteiger partial charge in [-0.2, -0.15) is 0 Å². The van der Waals surface area contributed by atoms with Gasteiger partial charge in [-0.15, -0.1) is 0 Å². The lowest BCUT2D eigenvalue weighted by Crippen LogP contribution is -2.26. The highest BCUT2D eigenvalue weighted by molar-refractivity contribution is 5.88. The highest BCUT2D eigenvalue weighted by Gasteiger charge is 2.43. The molecule has 0 aromatic heterocycles. The van der Waals surface area contributed by atoms with Gasteiger partial charge in [0.15, 0.2) is 0 Å². The molecule has 0 aliphatic heterocycles. The number of unbranched alkanes of at least 4 members (excludes halogenated alkanes) is 10. The standard InChI is InChI=1S/C55H64N2/c1-5-7-9-11-13-21-39-55(40-22-14-12-10-8-6-2)53-41-49(56(45-23-17-15-18-24-45)47-31-27-43(3)28-32-47)35-37-51(53)52-38-36-50(42-54(52)55)57(46-25-19-16-20-26-46)48-33-29-44(4)30-34-48/h15-20,23-38,41-42H,5-14,21-22,39-40H2,1-4H3. The van der Waals surface area contributed by atoms with Gasteiger partial charge >= 0.3 is 0 Å². The SMILES string of the molecule is CCCCCCCCC1(CCCCCCCC)c2cc(N(c3ccccc3)c3ccc(C)cc3)ccc2-c2ccc(N(c3ccccc3)c3ccc(C)cc3)cc21. The lowest BCUT2D eigenvalue weighted by Gasteiger charge is -2.35. The van der Waals surface area contributed by atoms with Gasteiger partial charge in [0.25, 0.3) is 0 Å². The summed E-state index contributed by atoms with van der Waals surface area (Å²) in [5.74, 6) is 0. The van der Waals surface area contributed by atoms with Crippen LogP contribution in [0.25, 0.3) is 11.1 Å². The molecule has 0 radical (unpaired) electrons. The summed E-state index contributed by atoms with van der Waals surface area (Å²) >= 11 is 0. The van der Waals surface area contributed by atoms with Gasteiger partial charge in [0.2, 0.25) is 0 Å². The molecule has 57 heavy (non-hydrogen) atoms. The molecule has 2 nitrogen and oxygen atoms in total. The molecule has 0 amide bonds. The van der Waals surface area contributed by atoms with Crippen LogP contribution in [0.4, 0.5) is 34.1 Å². The molecule has 0 atom stereocenters. The van der Waals surface area contributed by atoms with E-state index in [0.29, 0.717) is 0 Å². The minimum atomic E-state index is -0.0720. The van der Waals surface area contributed by atoms with Gasteiger partial charge in [0.05, 0.1) is 0 Å². The van der Waals surface area contributed by atoms with Gasteiger partial charge in [-0.25, -0.2) is 0 Å². The highest BCUT2D eigenvalue weighted by Crippen LogP contribution is 2.57. The van der Waals surface area contributed by atoms with Crippen LogP contribution in [0.1, 0.15) is 126 Å². The van der Waals surface area contributed by atoms with Crippen LogP contribution in [0.2, 0.25) is 0 Å². The maximum atomic E-state index is 2.59. The van der Waals surface area contributed by atoms with Crippen LogP contribution in [0.15, 0.2) is 146 Å². The fourth-order valence-corrected chi connectivity index (χ4v) is 9.26. The summed E-state index contributed by atoms with van der Waals surface area (Å²) in [6, 6.07) is 54.8. The average Bonchev–Trinajstić information content (AvgIpc) is 3.51. The smallest absolute Gasteiger partial charge is 0.0465 e. The fraction of sp³-hybridized carbons (Fsp3) is 0.345. The van der Waals surface area contributed by atoms with Crippen molar-refractivity contribution < 1.29 is 0 Å². The van der Waals surface area contributed by atoms with E-state index in [2.05, 4.69) is 183 Å². The van der Waals surface area contributed by atoms with Crippen molar-refractivity contribution in [2.24, 2.45) is 0 Å². The molecule has 0 bridgehead atoms. The molecule has 0 heterocycles. The quantitative estimate of drug-likeness (QED) is 0.0717. The second-order valence-corrected chi connectivity index (χ2v) is 16.6. The van der Waals surface area contributed by atoms with Crippen molar-refractivity contribution in [1.29, 1.82) is 0 Å². The van der Waals surface area contributed by atoms with Gasteiger partial charge in [0, 0.05) is 39.5 Å². The molecule has 294 valence electrons. The van der Waals surface area contributed by atoms with Crippen LogP contribution in [0.5, 0.6) is 0 Å². The first kappa shape index (κ1) is 40.1. The van der Waals surface area contributed by atoms with E-state index in [9.17, 15) is 0 Å². The van der Waals surface area contributed by atoms with Gasteiger partial charge in [-0.3, -0.25) is 0 Å². The van der Waals surface area contributed by atoms with Crippen LogP contribution < -0.4 is 9.80 Å². The second kappa shape index (κ2) is 19.4. The minimum absolute atomic E-state index is 0.0720. The number of para-hydroxylation sites is 2. The van der Waals surface area contributed by atoms with Gasteiger partial charge < -0.3 is 9.80 Å². The maximum Gasteiger partial charge on any atom is 0.0465 e. The summed E-state index contributed by atoms with van der Waals surface area (Å²) < 4.78 is 0. The summed E-state index contributed by atoms with van der Waals surface area (Å²) in [6.07, 6.45) is 18.0. The average molecular weight is 753 g/mol. The molecule has 6 aromatic carbocycles. The van der Waals surface area contributed by atoms with Crippen molar-refractivity contribution >= 4 is 34.1 Å². The Bertz CT molecular complexity index is 1980. The Morgan fingerprint density at radius 2 is 0.684 bits per heavy atom. The van der Waals surface area contributed by atoms with Crippen molar-refractivity contribution in [3.05, 3.63) is 168 Å². The number of aryl methyl sites for hydroxylation is 2. The van der Waals surface area contributed by atoms with E-state index in [1.54, 1.807) is 0 Å². The Balaban J connectivity index is 1.38.